The Bertz CT molecular complexity index is 841. The van der Waals surface area contributed by atoms with Gasteiger partial charge in [-0.25, -0.2) is 9.55 Å². The summed E-state index contributed by atoms with van der Waals surface area (Å²) in [4.78, 5) is 34.7. The summed E-state index contributed by atoms with van der Waals surface area (Å²) in [5.41, 5.74) is 1.05. The number of nitrogens with zero attached hydrogens (tertiary/aromatic N) is 5. The molecule has 1 aliphatic rings. The van der Waals surface area contributed by atoms with Crippen LogP contribution in [-0.2, 0) is 23.2 Å². The van der Waals surface area contributed by atoms with Gasteiger partial charge in [0.2, 0.25) is 12.2 Å². The fraction of sp³-hybridized carbons (Fsp3) is 0.524. The average Bonchev–Trinajstić information content (AvgIpc) is 3.32. The third kappa shape index (κ3) is 5.03. The van der Waals surface area contributed by atoms with Crippen molar-refractivity contribution in [2.24, 2.45) is 7.05 Å². The van der Waals surface area contributed by atoms with Crippen LogP contribution in [0.25, 0.3) is 0 Å². The molecule has 1 aromatic heterocycles. The molecule has 1 aliphatic heterocycles. The van der Waals surface area contributed by atoms with Gasteiger partial charge >= 0.3 is 5.82 Å². The van der Waals surface area contributed by atoms with E-state index < -0.39 is 11.2 Å². The van der Waals surface area contributed by atoms with Crippen molar-refractivity contribution in [1.29, 1.82) is 0 Å². The van der Waals surface area contributed by atoms with Gasteiger partial charge in [-0.1, -0.05) is 56.5 Å². The molecule has 0 saturated carbocycles. The molecular formula is C21H29N5O4. The van der Waals surface area contributed by atoms with Crippen LogP contribution in [0, 0.1) is 10.1 Å². The van der Waals surface area contributed by atoms with E-state index in [1.54, 1.807) is 17.0 Å². The van der Waals surface area contributed by atoms with E-state index in [1.165, 1.54) is 10.8 Å². The standard InChI is InChI=1S/C21H29N5O4/c1-3-4-5-9-12-24(16-27)20-13-18(21-22-14-19(23(21)2)26(28)29)25(30-20)15-17-10-7-6-8-11-17/h6-8,10-11,14,16,18,20H,3-5,9,12-13,15H2,1-2H3. The molecule has 2 aromatic rings. The zero-order valence-corrected chi connectivity index (χ0v) is 17.5. The van der Waals surface area contributed by atoms with Crippen LogP contribution in [0.15, 0.2) is 36.5 Å². The van der Waals surface area contributed by atoms with Gasteiger partial charge in [0, 0.05) is 13.0 Å². The number of hydrogen-bond donors (Lipinski definition) is 0. The van der Waals surface area contributed by atoms with E-state index in [2.05, 4.69) is 11.9 Å². The number of unbranched alkanes of at least 4 members (excludes halogenated alkanes) is 3. The highest BCUT2D eigenvalue weighted by atomic mass is 16.7. The first-order chi connectivity index (χ1) is 14.5. The van der Waals surface area contributed by atoms with E-state index >= 15 is 0 Å². The molecule has 1 amide bonds. The zero-order valence-electron chi connectivity index (χ0n) is 17.5. The number of rotatable bonds is 11. The molecular weight excluding hydrogens is 386 g/mol. The summed E-state index contributed by atoms with van der Waals surface area (Å²) in [6.45, 7) is 3.27. The molecule has 1 saturated heterocycles. The predicted molar refractivity (Wildman–Crippen MR) is 111 cm³/mol. The molecule has 162 valence electrons. The Balaban J connectivity index is 1.80. The molecule has 3 rings (SSSR count). The van der Waals surface area contributed by atoms with Gasteiger partial charge in [-0.3, -0.25) is 9.63 Å². The Kier molecular flexibility index (Phi) is 7.53. The molecule has 9 heteroatoms. The highest BCUT2D eigenvalue weighted by Crippen LogP contribution is 2.36. The van der Waals surface area contributed by atoms with Crippen LogP contribution < -0.4 is 0 Å². The molecule has 9 nitrogen and oxygen atoms in total. The topological polar surface area (TPSA) is 93.7 Å². The molecule has 1 aromatic carbocycles. The number of hydrogen-bond acceptors (Lipinski definition) is 6. The van der Waals surface area contributed by atoms with E-state index in [1.807, 2.05) is 30.3 Å². The smallest absolute Gasteiger partial charge is 0.342 e. The minimum absolute atomic E-state index is 0.0695. The van der Waals surface area contributed by atoms with Crippen LogP contribution in [0.2, 0.25) is 0 Å². The SMILES string of the molecule is CCCCCCN(C=O)C1CC(c2ncc([N+](=O)[O-])n2C)N(Cc2ccccc2)O1. The summed E-state index contributed by atoms with van der Waals surface area (Å²) in [6, 6.07) is 9.55. The predicted octanol–water partition coefficient (Wildman–Crippen LogP) is 3.57. The van der Waals surface area contributed by atoms with Gasteiger partial charge in [0.25, 0.3) is 0 Å². The zero-order chi connectivity index (χ0) is 21.5. The van der Waals surface area contributed by atoms with Crippen molar-refractivity contribution in [3.05, 3.63) is 58.0 Å². The molecule has 0 aliphatic carbocycles. The van der Waals surface area contributed by atoms with E-state index in [9.17, 15) is 14.9 Å². The first-order valence-electron chi connectivity index (χ1n) is 10.4. The van der Waals surface area contributed by atoms with Gasteiger partial charge in [-0.15, -0.1) is 0 Å². The number of aromatic nitrogens is 2. The van der Waals surface area contributed by atoms with Crippen LogP contribution in [0.4, 0.5) is 5.82 Å². The van der Waals surface area contributed by atoms with Crippen molar-refractivity contribution in [1.82, 2.24) is 19.5 Å². The summed E-state index contributed by atoms with van der Waals surface area (Å²) >= 11 is 0. The average molecular weight is 415 g/mol. The van der Waals surface area contributed by atoms with Gasteiger partial charge < -0.3 is 15.0 Å². The highest BCUT2D eigenvalue weighted by Gasteiger charge is 2.41. The van der Waals surface area contributed by atoms with Gasteiger partial charge in [0.1, 0.15) is 12.2 Å². The minimum atomic E-state index is -0.448. The van der Waals surface area contributed by atoms with Gasteiger partial charge in [-0.05, 0) is 16.9 Å². The lowest BCUT2D eigenvalue weighted by Crippen LogP contribution is -2.35. The maximum Gasteiger partial charge on any atom is 0.342 e. The fourth-order valence-corrected chi connectivity index (χ4v) is 3.80. The first kappa shape index (κ1) is 21.9. The maximum absolute atomic E-state index is 11.7. The number of benzene rings is 1. The first-order valence-corrected chi connectivity index (χ1v) is 10.4. The van der Waals surface area contributed by atoms with Gasteiger partial charge in [0.15, 0.2) is 6.23 Å². The Morgan fingerprint density at radius 1 is 1.30 bits per heavy atom. The van der Waals surface area contributed by atoms with Gasteiger partial charge in [0.05, 0.1) is 13.6 Å². The van der Waals surface area contributed by atoms with Crippen LogP contribution in [0.5, 0.6) is 0 Å². The molecule has 0 N–H and O–H groups in total. The van der Waals surface area contributed by atoms with Crippen molar-refractivity contribution in [2.45, 2.75) is 57.8 Å². The number of imidazole rings is 1. The lowest BCUT2D eigenvalue weighted by Gasteiger charge is -2.25. The van der Waals surface area contributed by atoms with Crippen molar-refractivity contribution >= 4 is 12.2 Å². The molecule has 2 heterocycles. The normalized spacial score (nSPS) is 19.1. The summed E-state index contributed by atoms with van der Waals surface area (Å²) in [5, 5.41) is 13.0. The second-order valence-electron chi connectivity index (χ2n) is 7.57. The second kappa shape index (κ2) is 10.3. The quantitative estimate of drug-likeness (QED) is 0.241. The molecule has 0 radical (unpaired) electrons. The van der Waals surface area contributed by atoms with E-state index in [0.717, 1.165) is 37.7 Å². The second-order valence-corrected chi connectivity index (χ2v) is 7.57. The molecule has 0 spiro atoms. The molecule has 1 fully saturated rings. The van der Waals surface area contributed by atoms with Crippen LogP contribution in [0.3, 0.4) is 0 Å². The monoisotopic (exact) mass is 415 g/mol. The van der Waals surface area contributed by atoms with Crippen molar-refractivity contribution in [3.63, 3.8) is 0 Å². The highest BCUT2D eigenvalue weighted by molar-refractivity contribution is 5.47. The van der Waals surface area contributed by atoms with E-state index in [0.29, 0.717) is 25.3 Å². The van der Waals surface area contributed by atoms with Crippen molar-refractivity contribution < 1.29 is 14.6 Å². The third-order valence-electron chi connectivity index (χ3n) is 5.47. The summed E-state index contributed by atoms with van der Waals surface area (Å²) in [7, 11) is 1.64. The fourth-order valence-electron chi connectivity index (χ4n) is 3.80. The summed E-state index contributed by atoms with van der Waals surface area (Å²) in [6.07, 6.45) is 6.44. The van der Waals surface area contributed by atoms with E-state index in [4.69, 9.17) is 4.84 Å². The Morgan fingerprint density at radius 3 is 2.70 bits per heavy atom. The molecule has 2 atom stereocenters. The molecule has 2 unspecified atom stereocenters. The van der Waals surface area contributed by atoms with Crippen LogP contribution in [0.1, 0.15) is 56.5 Å². The summed E-state index contributed by atoms with van der Waals surface area (Å²) in [5.74, 6) is 0.483. The number of carbonyl (C=O) groups is 1. The Labute approximate surface area is 176 Å². The van der Waals surface area contributed by atoms with Crippen molar-refractivity contribution in [2.75, 3.05) is 6.54 Å². The van der Waals surface area contributed by atoms with Gasteiger partial charge in [-0.2, -0.15) is 5.06 Å². The Morgan fingerprint density at radius 2 is 2.07 bits per heavy atom. The lowest BCUT2D eigenvalue weighted by atomic mass is 10.1. The molecule has 30 heavy (non-hydrogen) atoms. The maximum atomic E-state index is 11.7. The Hall–Kier alpha value is -2.78. The molecule has 0 bridgehead atoms. The summed E-state index contributed by atoms with van der Waals surface area (Å²) < 4.78 is 1.49. The number of amides is 1. The third-order valence-corrected chi connectivity index (χ3v) is 5.47. The van der Waals surface area contributed by atoms with Crippen molar-refractivity contribution in [3.8, 4) is 0 Å². The minimum Gasteiger partial charge on any atom is -0.358 e. The van der Waals surface area contributed by atoms with E-state index in [-0.39, 0.29) is 11.9 Å². The number of hydroxylamine groups is 2. The number of nitro groups is 1. The largest absolute Gasteiger partial charge is 0.358 e. The van der Waals surface area contributed by atoms with Crippen LogP contribution >= 0.6 is 0 Å². The van der Waals surface area contributed by atoms with Crippen LogP contribution in [-0.4, -0.2) is 43.6 Å². The lowest BCUT2D eigenvalue weighted by molar-refractivity contribution is -0.391. The number of carbonyl (C=O) groups excluding carboxylic acids is 1.